The second kappa shape index (κ2) is 10.6. The van der Waals surface area contributed by atoms with Crippen LogP contribution < -0.4 is 15.4 Å². The SMILES string of the molecule is COC(=O)[C@H]1CC[C@H](Oc2ncc(NC(=O)c3nnc(Nc4ccc(F)c(Cl)c4)o3)cc2F)CC1. The molecule has 184 valence electrons. The Balaban J connectivity index is 1.33. The number of methoxy groups -OCH3 is 1. The summed E-state index contributed by atoms with van der Waals surface area (Å²) in [5.41, 5.74) is 0.417. The number of carbonyl (C=O) groups is 2. The van der Waals surface area contributed by atoms with Crippen molar-refractivity contribution >= 4 is 40.9 Å². The molecule has 0 radical (unpaired) electrons. The lowest BCUT2D eigenvalue weighted by Gasteiger charge is -2.27. The summed E-state index contributed by atoms with van der Waals surface area (Å²) in [5.74, 6) is -3.18. The van der Waals surface area contributed by atoms with E-state index in [-0.39, 0.29) is 40.6 Å². The highest BCUT2D eigenvalue weighted by atomic mass is 35.5. The summed E-state index contributed by atoms with van der Waals surface area (Å²) in [6, 6.07) is 4.78. The quantitative estimate of drug-likeness (QED) is 0.444. The van der Waals surface area contributed by atoms with Crippen LogP contribution in [0.5, 0.6) is 5.88 Å². The molecule has 1 aromatic carbocycles. The lowest BCUT2D eigenvalue weighted by molar-refractivity contribution is -0.147. The Labute approximate surface area is 203 Å². The molecular formula is C22H20ClF2N5O5. The lowest BCUT2D eigenvalue weighted by Crippen LogP contribution is -2.29. The Morgan fingerprint density at radius 3 is 2.54 bits per heavy atom. The van der Waals surface area contributed by atoms with Gasteiger partial charge >= 0.3 is 23.8 Å². The molecule has 0 saturated heterocycles. The van der Waals surface area contributed by atoms with Crippen LogP contribution in [0, 0.1) is 17.6 Å². The first-order chi connectivity index (χ1) is 16.8. The molecule has 0 aliphatic heterocycles. The highest BCUT2D eigenvalue weighted by molar-refractivity contribution is 6.31. The molecule has 1 amide bonds. The van der Waals surface area contributed by atoms with Gasteiger partial charge in [-0.1, -0.05) is 16.7 Å². The number of nitrogens with one attached hydrogen (secondary N) is 2. The van der Waals surface area contributed by atoms with Crippen molar-refractivity contribution < 1.29 is 32.3 Å². The van der Waals surface area contributed by atoms with Gasteiger partial charge in [0.05, 0.1) is 29.9 Å². The van der Waals surface area contributed by atoms with Gasteiger partial charge < -0.3 is 24.5 Å². The number of hydrogen-bond donors (Lipinski definition) is 2. The third-order valence-corrected chi connectivity index (χ3v) is 5.63. The fraction of sp³-hybridized carbons (Fsp3) is 0.318. The van der Waals surface area contributed by atoms with Crippen LogP contribution in [0.4, 0.5) is 26.2 Å². The molecule has 0 bridgehead atoms. The molecule has 2 heterocycles. The number of anilines is 3. The summed E-state index contributed by atoms with van der Waals surface area (Å²) in [5, 5.41) is 12.3. The van der Waals surface area contributed by atoms with E-state index in [1.54, 1.807) is 0 Å². The minimum atomic E-state index is -0.793. The van der Waals surface area contributed by atoms with E-state index in [1.807, 2.05) is 0 Å². The number of ether oxygens (including phenoxy) is 2. The lowest BCUT2D eigenvalue weighted by atomic mass is 9.87. The van der Waals surface area contributed by atoms with E-state index in [4.69, 9.17) is 25.5 Å². The normalized spacial score (nSPS) is 17.5. The average Bonchev–Trinajstić information content (AvgIpc) is 3.32. The third-order valence-electron chi connectivity index (χ3n) is 5.34. The Morgan fingerprint density at radius 2 is 1.86 bits per heavy atom. The zero-order valence-electron chi connectivity index (χ0n) is 18.4. The standard InChI is InChI=1S/C22H20ClF2N5O5/c1-33-21(32)11-2-5-14(6-3-11)34-19-17(25)9-13(10-26-19)27-18(31)20-29-30-22(35-20)28-12-4-7-16(24)15(23)8-12/h4,7-11,14H,2-3,5-6H2,1H3,(H,27,31)(H,28,30)/t11-,14-. The van der Waals surface area contributed by atoms with Gasteiger partial charge in [-0.25, -0.2) is 13.8 Å². The first kappa shape index (κ1) is 24.3. The minimum Gasteiger partial charge on any atom is -0.472 e. The van der Waals surface area contributed by atoms with Crippen molar-refractivity contribution in [1.82, 2.24) is 15.2 Å². The summed E-state index contributed by atoms with van der Waals surface area (Å²) < 4.78 is 43.4. The monoisotopic (exact) mass is 507 g/mol. The summed E-state index contributed by atoms with van der Waals surface area (Å²) in [6.07, 6.45) is 3.25. The number of pyridine rings is 1. The van der Waals surface area contributed by atoms with Crippen molar-refractivity contribution in [2.75, 3.05) is 17.7 Å². The number of aromatic nitrogens is 3. The zero-order chi connectivity index (χ0) is 24.9. The number of hydrogen-bond acceptors (Lipinski definition) is 9. The molecular weight excluding hydrogens is 488 g/mol. The number of nitrogens with zero attached hydrogens (tertiary/aromatic N) is 3. The van der Waals surface area contributed by atoms with Gasteiger partial charge in [0.2, 0.25) is 0 Å². The van der Waals surface area contributed by atoms with Crippen LogP contribution in [0.1, 0.15) is 36.4 Å². The van der Waals surface area contributed by atoms with Crippen molar-refractivity contribution in [2.45, 2.75) is 31.8 Å². The Bertz CT molecular complexity index is 1230. The Morgan fingerprint density at radius 1 is 1.09 bits per heavy atom. The predicted molar refractivity (Wildman–Crippen MR) is 120 cm³/mol. The fourth-order valence-corrected chi connectivity index (χ4v) is 3.75. The summed E-state index contributed by atoms with van der Waals surface area (Å²) in [7, 11) is 1.35. The highest BCUT2D eigenvalue weighted by Gasteiger charge is 2.28. The molecule has 1 aliphatic carbocycles. The van der Waals surface area contributed by atoms with E-state index >= 15 is 0 Å². The molecule has 3 aromatic rings. The summed E-state index contributed by atoms with van der Waals surface area (Å²) >= 11 is 5.72. The number of halogens is 3. The molecule has 0 spiro atoms. The molecule has 4 rings (SSSR count). The fourth-order valence-electron chi connectivity index (χ4n) is 3.57. The average molecular weight is 508 g/mol. The van der Waals surface area contributed by atoms with Crippen molar-refractivity contribution in [3.63, 3.8) is 0 Å². The van der Waals surface area contributed by atoms with Gasteiger partial charge in [-0.05, 0) is 43.9 Å². The van der Waals surface area contributed by atoms with Crippen LogP contribution in [0.25, 0.3) is 0 Å². The van der Waals surface area contributed by atoms with Crippen LogP contribution >= 0.6 is 11.6 Å². The first-order valence-electron chi connectivity index (χ1n) is 10.6. The van der Waals surface area contributed by atoms with Crippen molar-refractivity contribution in [3.05, 3.63) is 53.0 Å². The number of rotatable bonds is 7. The van der Waals surface area contributed by atoms with E-state index < -0.39 is 23.4 Å². The van der Waals surface area contributed by atoms with Crippen LogP contribution in [0.15, 0.2) is 34.9 Å². The molecule has 35 heavy (non-hydrogen) atoms. The van der Waals surface area contributed by atoms with E-state index in [2.05, 4.69) is 25.8 Å². The topological polar surface area (TPSA) is 128 Å². The highest BCUT2D eigenvalue weighted by Crippen LogP contribution is 2.29. The maximum absolute atomic E-state index is 14.5. The van der Waals surface area contributed by atoms with Crippen LogP contribution in [0.2, 0.25) is 5.02 Å². The zero-order valence-corrected chi connectivity index (χ0v) is 19.1. The van der Waals surface area contributed by atoms with E-state index in [1.165, 1.54) is 25.4 Å². The van der Waals surface area contributed by atoms with Gasteiger partial charge in [-0.15, -0.1) is 5.10 Å². The van der Waals surface area contributed by atoms with E-state index in [9.17, 15) is 18.4 Å². The number of amides is 1. The van der Waals surface area contributed by atoms with Gasteiger partial charge in [0, 0.05) is 11.8 Å². The number of carbonyl (C=O) groups excluding carboxylic acids is 2. The van der Waals surface area contributed by atoms with E-state index in [0.29, 0.717) is 31.4 Å². The summed E-state index contributed by atoms with van der Waals surface area (Å²) in [4.78, 5) is 27.9. The van der Waals surface area contributed by atoms with Crippen molar-refractivity contribution in [1.29, 1.82) is 0 Å². The first-order valence-corrected chi connectivity index (χ1v) is 11.0. The van der Waals surface area contributed by atoms with E-state index in [0.717, 1.165) is 12.1 Å². The number of esters is 1. The molecule has 2 aromatic heterocycles. The second-order valence-electron chi connectivity index (χ2n) is 7.75. The van der Waals surface area contributed by atoms with Gasteiger partial charge in [0.1, 0.15) is 11.9 Å². The van der Waals surface area contributed by atoms with Gasteiger partial charge in [0.25, 0.3) is 5.88 Å². The third kappa shape index (κ3) is 6.01. The predicted octanol–water partition coefficient (Wildman–Crippen LogP) is 4.50. The molecule has 2 N–H and O–H groups in total. The van der Waals surface area contributed by atoms with Gasteiger partial charge in [-0.3, -0.25) is 9.59 Å². The van der Waals surface area contributed by atoms with Crippen LogP contribution in [-0.2, 0) is 9.53 Å². The van der Waals surface area contributed by atoms with Gasteiger partial charge in [0.15, 0.2) is 5.82 Å². The van der Waals surface area contributed by atoms with Gasteiger partial charge in [-0.2, -0.15) is 0 Å². The van der Waals surface area contributed by atoms with Crippen LogP contribution in [-0.4, -0.2) is 40.3 Å². The van der Waals surface area contributed by atoms with Crippen molar-refractivity contribution in [2.24, 2.45) is 5.92 Å². The maximum atomic E-state index is 14.5. The summed E-state index contributed by atoms with van der Waals surface area (Å²) in [6.45, 7) is 0. The van der Waals surface area contributed by atoms with Crippen LogP contribution in [0.3, 0.4) is 0 Å². The Kier molecular flexibility index (Phi) is 7.39. The Hall–Kier alpha value is -3.80. The molecule has 0 atom stereocenters. The molecule has 1 saturated carbocycles. The molecule has 1 fully saturated rings. The van der Waals surface area contributed by atoms with Crippen molar-refractivity contribution in [3.8, 4) is 5.88 Å². The largest absolute Gasteiger partial charge is 0.472 e. The molecule has 0 unspecified atom stereocenters. The molecule has 10 nitrogen and oxygen atoms in total. The molecule has 1 aliphatic rings. The minimum absolute atomic E-state index is 0.0484. The molecule has 13 heteroatoms. The number of benzene rings is 1. The second-order valence-corrected chi connectivity index (χ2v) is 8.15. The maximum Gasteiger partial charge on any atom is 0.320 e. The smallest absolute Gasteiger partial charge is 0.320 e.